The van der Waals surface area contributed by atoms with E-state index in [9.17, 15) is 9.59 Å². The van der Waals surface area contributed by atoms with Crippen LogP contribution in [0.15, 0.2) is 36.4 Å². The Kier molecular flexibility index (Phi) is 7.25. The van der Waals surface area contributed by atoms with Crippen molar-refractivity contribution in [3.05, 3.63) is 47.0 Å². The van der Waals surface area contributed by atoms with Crippen molar-refractivity contribution in [1.29, 1.82) is 0 Å². The fourth-order valence-electron chi connectivity index (χ4n) is 3.50. The molecule has 184 valence electrons. The van der Waals surface area contributed by atoms with Gasteiger partial charge in [0.05, 0.1) is 40.5 Å². The number of methoxy groups -OCH3 is 1. The van der Waals surface area contributed by atoms with Crippen LogP contribution in [0.4, 0.5) is 11.1 Å². The molecule has 0 saturated heterocycles. The number of rotatable bonds is 8. The molecular formula is C24H26ClN5O4S. The number of carbonyl (C=O) groups excluding carboxylic acids is 2. The van der Waals surface area contributed by atoms with Crippen LogP contribution in [0.5, 0.6) is 0 Å². The summed E-state index contributed by atoms with van der Waals surface area (Å²) >= 11 is 7.58. The van der Waals surface area contributed by atoms with E-state index in [1.54, 1.807) is 18.2 Å². The molecule has 0 aliphatic heterocycles. The second-order valence-corrected chi connectivity index (χ2v) is 10.3. The topological polar surface area (TPSA) is 107 Å². The Balaban J connectivity index is 1.58. The summed E-state index contributed by atoms with van der Waals surface area (Å²) in [5.41, 5.74) is 2.16. The van der Waals surface area contributed by atoms with E-state index in [2.05, 4.69) is 15.6 Å². The van der Waals surface area contributed by atoms with E-state index in [1.165, 1.54) is 18.4 Å². The quantitative estimate of drug-likeness (QED) is 0.255. The molecule has 4 rings (SSSR count). The van der Waals surface area contributed by atoms with E-state index < -0.39 is 11.6 Å². The Morgan fingerprint density at radius 3 is 2.66 bits per heavy atom. The normalized spacial score (nSPS) is 11.7. The molecule has 0 spiro atoms. The largest absolute Gasteiger partial charge is 0.465 e. The van der Waals surface area contributed by atoms with Gasteiger partial charge in [0, 0.05) is 18.1 Å². The number of imidazole rings is 1. The number of hydrogen-bond donors (Lipinski definition) is 2. The summed E-state index contributed by atoms with van der Waals surface area (Å²) in [6.07, 6.45) is 0. The molecule has 0 bridgehead atoms. The third-order valence-corrected chi connectivity index (χ3v) is 6.11. The highest BCUT2D eigenvalue weighted by Gasteiger charge is 2.17. The van der Waals surface area contributed by atoms with Gasteiger partial charge in [-0.05, 0) is 57.2 Å². The van der Waals surface area contributed by atoms with Gasteiger partial charge in [-0.1, -0.05) is 22.9 Å². The summed E-state index contributed by atoms with van der Waals surface area (Å²) in [4.78, 5) is 33.3. The minimum Gasteiger partial charge on any atom is -0.465 e. The molecule has 0 atom stereocenters. The van der Waals surface area contributed by atoms with Crippen molar-refractivity contribution in [2.24, 2.45) is 0 Å². The fourth-order valence-corrected chi connectivity index (χ4v) is 4.64. The van der Waals surface area contributed by atoms with Gasteiger partial charge in [0.1, 0.15) is 5.60 Å². The number of hydrogen-bond acceptors (Lipinski definition) is 9. The Labute approximate surface area is 211 Å². The lowest BCUT2D eigenvalue weighted by molar-refractivity contribution is -0.153. The van der Waals surface area contributed by atoms with Gasteiger partial charge in [0.15, 0.2) is 5.13 Å². The van der Waals surface area contributed by atoms with E-state index in [-0.39, 0.29) is 12.5 Å². The second kappa shape index (κ2) is 10.2. The standard InChI is InChI=1S/C24H26ClN5O4S/c1-24(2,3)34-20(31)13-26-9-10-30-18-8-5-14(21(32)33-4)11-17(18)27-22(30)29-23-28-16-7-6-15(25)12-19(16)35-23/h5-8,11-12,26H,9-10,13H2,1-4H3,(H,27,28,29). The molecule has 0 aliphatic carbocycles. The molecule has 0 saturated carbocycles. The lowest BCUT2D eigenvalue weighted by Gasteiger charge is -2.19. The van der Waals surface area contributed by atoms with Gasteiger partial charge in [-0.25, -0.2) is 14.8 Å². The van der Waals surface area contributed by atoms with E-state index in [0.29, 0.717) is 40.3 Å². The molecule has 35 heavy (non-hydrogen) atoms. The molecule has 0 aliphatic rings. The number of benzene rings is 2. The Hall–Kier alpha value is -3.21. The van der Waals surface area contributed by atoms with Crippen LogP contribution >= 0.6 is 22.9 Å². The Bertz CT molecular complexity index is 1390. The molecule has 2 aromatic carbocycles. The lowest BCUT2D eigenvalue weighted by Crippen LogP contribution is -2.33. The van der Waals surface area contributed by atoms with Gasteiger partial charge in [0.25, 0.3) is 0 Å². The number of carbonyl (C=O) groups is 2. The maximum Gasteiger partial charge on any atom is 0.337 e. The summed E-state index contributed by atoms with van der Waals surface area (Å²) in [6, 6.07) is 10.7. The Morgan fingerprint density at radius 2 is 1.91 bits per heavy atom. The summed E-state index contributed by atoms with van der Waals surface area (Å²) in [5, 5.41) is 7.72. The number of halogens is 1. The van der Waals surface area contributed by atoms with Crippen LogP contribution in [-0.4, -0.2) is 52.3 Å². The monoisotopic (exact) mass is 515 g/mol. The van der Waals surface area contributed by atoms with Crippen LogP contribution in [-0.2, 0) is 20.8 Å². The first-order valence-electron chi connectivity index (χ1n) is 11.0. The predicted molar refractivity (Wildman–Crippen MR) is 138 cm³/mol. The van der Waals surface area contributed by atoms with Crippen LogP contribution in [0.25, 0.3) is 21.3 Å². The van der Waals surface area contributed by atoms with E-state index in [4.69, 9.17) is 26.1 Å². The minimum absolute atomic E-state index is 0.0950. The summed E-state index contributed by atoms with van der Waals surface area (Å²) < 4.78 is 13.1. The van der Waals surface area contributed by atoms with Crippen molar-refractivity contribution in [2.75, 3.05) is 25.5 Å². The summed E-state index contributed by atoms with van der Waals surface area (Å²) in [5.74, 6) is -0.188. The van der Waals surface area contributed by atoms with Gasteiger partial charge >= 0.3 is 11.9 Å². The van der Waals surface area contributed by atoms with E-state index >= 15 is 0 Å². The highest BCUT2D eigenvalue weighted by molar-refractivity contribution is 7.22. The molecular weight excluding hydrogens is 490 g/mol. The molecule has 2 N–H and O–H groups in total. The van der Waals surface area contributed by atoms with Crippen molar-refractivity contribution in [3.63, 3.8) is 0 Å². The minimum atomic E-state index is -0.533. The highest BCUT2D eigenvalue weighted by Crippen LogP contribution is 2.31. The molecule has 9 nitrogen and oxygen atoms in total. The molecule has 11 heteroatoms. The first kappa shape index (κ1) is 24.9. The zero-order valence-electron chi connectivity index (χ0n) is 19.8. The SMILES string of the molecule is COC(=O)c1ccc2c(c1)nc(Nc1nc3ccc(Cl)cc3s1)n2CCNCC(=O)OC(C)(C)C. The van der Waals surface area contributed by atoms with Gasteiger partial charge < -0.3 is 24.7 Å². The number of nitrogens with one attached hydrogen (secondary N) is 2. The van der Waals surface area contributed by atoms with Crippen LogP contribution in [0.1, 0.15) is 31.1 Å². The van der Waals surface area contributed by atoms with Gasteiger partial charge in [0.2, 0.25) is 5.95 Å². The van der Waals surface area contributed by atoms with Crippen LogP contribution < -0.4 is 10.6 Å². The maximum atomic E-state index is 12.0. The highest BCUT2D eigenvalue weighted by atomic mass is 35.5. The van der Waals surface area contributed by atoms with Crippen molar-refractivity contribution in [1.82, 2.24) is 19.9 Å². The molecule has 0 unspecified atom stereocenters. The van der Waals surface area contributed by atoms with E-state index in [0.717, 1.165) is 15.7 Å². The Morgan fingerprint density at radius 1 is 1.11 bits per heavy atom. The van der Waals surface area contributed by atoms with Crippen LogP contribution in [0, 0.1) is 0 Å². The number of fused-ring (bicyclic) bond motifs is 2. The molecule has 0 fully saturated rings. The number of esters is 2. The van der Waals surface area contributed by atoms with Gasteiger partial charge in [-0.15, -0.1) is 0 Å². The molecule has 2 heterocycles. The van der Waals surface area contributed by atoms with Crippen molar-refractivity contribution in [3.8, 4) is 0 Å². The average Bonchev–Trinajstić information content (AvgIpc) is 3.34. The zero-order valence-corrected chi connectivity index (χ0v) is 21.4. The summed E-state index contributed by atoms with van der Waals surface area (Å²) in [6.45, 7) is 6.60. The smallest absolute Gasteiger partial charge is 0.337 e. The number of anilines is 2. The van der Waals surface area contributed by atoms with Crippen molar-refractivity contribution in [2.45, 2.75) is 32.9 Å². The number of ether oxygens (including phenoxy) is 2. The van der Waals surface area contributed by atoms with Gasteiger partial charge in [-0.2, -0.15) is 0 Å². The third kappa shape index (κ3) is 6.08. The molecule has 0 radical (unpaired) electrons. The van der Waals surface area contributed by atoms with Crippen LogP contribution in [0.2, 0.25) is 5.02 Å². The van der Waals surface area contributed by atoms with E-state index in [1.807, 2.05) is 43.5 Å². The maximum absolute atomic E-state index is 12.0. The van der Waals surface area contributed by atoms with Crippen molar-refractivity contribution < 1.29 is 19.1 Å². The fraction of sp³-hybridized carbons (Fsp3) is 0.333. The lowest BCUT2D eigenvalue weighted by atomic mass is 10.2. The first-order valence-corrected chi connectivity index (χ1v) is 12.2. The summed E-state index contributed by atoms with van der Waals surface area (Å²) in [7, 11) is 1.34. The molecule has 2 aromatic heterocycles. The number of nitrogens with zero attached hydrogens (tertiary/aromatic N) is 3. The third-order valence-electron chi connectivity index (χ3n) is 4.94. The van der Waals surface area contributed by atoms with Gasteiger partial charge in [-0.3, -0.25) is 4.79 Å². The molecule has 4 aromatic rings. The number of aromatic nitrogens is 3. The predicted octanol–water partition coefficient (Wildman–Crippen LogP) is 4.76. The number of thiazole rings is 1. The zero-order chi connectivity index (χ0) is 25.2. The first-order chi connectivity index (χ1) is 16.6. The average molecular weight is 516 g/mol. The van der Waals surface area contributed by atoms with Crippen LogP contribution in [0.3, 0.4) is 0 Å². The molecule has 0 amide bonds. The van der Waals surface area contributed by atoms with Crippen molar-refractivity contribution >= 4 is 67.2 Å². The second-order valence-electron chi connectivity index (χ2n) is 8.80.